The second-order valence-corrected chi connectivity index (χ2v) is 8.51. The molecule has 1 fully saturated rings. The van der Waals surface area contributed by atoms with Crippen molar-refractivity contribution in [3.05, 3.63) is 65.2 Å². The number of halogens is 1. The molecule has 1 saturated heterocycles. The van der Waals surface area contributed by atoms with E-state index in [2.05, 4.69) is 0 Å². The average Bonchev–Trinajstić information content (AvgIpc) is 2.88. The van der Waals surface area contributed by atoms with Gasteiger partial charge in [-0.1, -0.05) is 48.0 Å². The SMILES string of the molecule is CCOC(=O)N1CCN(C(=O)c2cc(-c3ccccc3Cl)nc3ccccc23)CC1.CN(C)C=O. The number of piperazine rings is 1. The zero-order valence-electron chi connectivity index (χ0n) is 20.1. The number of carbonyl (C=O) groups excluding carboxylic acids is 3. The number of rotatable bonds is 4. The van der Waals surface area contributed by atoms with Crippen LogP contribution in [0.25, 0.3) is 22.2 Å². The smallest absolute Gasteiger partial charge is 0.409 e. The molecule has 3 aromatic rings. The molecule has 0 saturated carbocycles. The molecular weight excluding hydrogens is 468 g/mol. The van der Waals surface area contributed by atoms with Gasteiger partial charge >= 0.3 is 6.09 Å². The fourth-order valence-corrected chi connectivity index (χ4v) is 3.87. The summed E-state index contributed by atoms with van der Waals surface area (Å²) in [5.74, 6) is -0.0783. The normalized spacial score (nSPS) is 13.0. The lowest BCUT2D eigenvalue weighted by Crippen LogP contribution is -2.50. The number of amides is 3. The van der Waals surface area contributed by atoms with Crippen molar-refractivity contribution >= 4 is 40.9 Å². The van der Waals surface area contributed by atoms with E-state index >= 15 is 0 Å². The largest absolute Gasteiger partial charge is 0.450 e. The van der Waals surface area contributed by atoms with Crippen LogP contribution in [-0.4, -0.2) is 85.0 Å². The third-order valence-corrected chi connectivity index (χ3v) is 5.73. The zero-order chi connectivity index (χ0) is 25.4. The van der Waals surface area contributed by atoms with E-state index in [9.17, 15) is 14.4 Å². The number of fused-ring (bicyclic) bond motifs is 1. The molecule has 2 aromatic carbocycles. The molecule has 0 aliphatic carbocycles. The average molecular weight is 497 g/mol. The number of aromatic nitrogens is 1. The van der Waals surface area contributed by atoms with Gasteiger partial charge in [-0.2, -0.15) is 0 Å². The van der Waals surface area contributed by atoms with Gasteiger partial charge in [0.15, 0.2) is 0 Å². The molecule has 184 valence electrons. The fourth-order valence-electron chi connectivity index (χ4n) is 3.64. The molecule has 1 aliphatic rings. The van der Waals surface area contributed by atoms with Gasteiger partial charge in [0.1, 0.15) is 0 Å². The Morgan fingerprint density at radius 2 is 1.63 bits per heavy atom. The van der Waals surface area contributed by atoms with Gasteiger partial charge in [0.2, 0.25) is 6.41 Å². The van der Waals surface area contributed by atoms with E-state index in [0.29, 0.717) is 49.1 Å². The van der Waals surface area contributed by atoms with Crippen LogP contribution in [0.15, 0.2) is 54.6 Å². The molecule has 0 atom stereocenters. The van der Waals surface area contributed by atoms with E-state index < -0.39 is 0 Å². The van der Waals surface area contributed by atoms with Crippen molar-refractivity contribution in [1.82, 2.24) is 19.7 Å². The summed E-state index contributed by atoms with van der Waals surface area (Å²) in [5.41, 5.74) is 2.77. The third-order valence-electron chi connectivity index (χ3n) is 5.40. The van der Waals surface area contributed by atoms with Crippen LogP contribution in [0.1, 0.15) is 17.3 Å². The fraction of sp³-hybridized carbons (Fsp3) is 0.308. The van der Waals surface area contributed by atoms with Crippen molar-refractivity contribution in [2.45, 2.75) is 6.92 Å². The van der Waals surface area contributed by atoms with Crippen LogP contribution < -0.4 is 0 Å². The van der Waals surface area contributed by atoms with E-state index in [1.54, 1.807) is 30.8 Å². The molecule has 4 rings (SSSR count). The highest BCUT2D eigenvalue weighted by molar-refractivity contribution is 6.33. The number of hydrogen-bond acceptors (Lipinski definition) is 5. The zero-order valence-corrected chi connectivity index (χ0v) is 20.9. The molecule has 35 heavy (non-hydrogen) atoms. The molecular formula is C26H29ClN4O4. The van der Waals surface area contributed by atoms with Crippen LogP contribution in [0.3, 0.4) is 0 Å². The van der Waals surface area contributed by atoms with Crippen LogP contribution in [0, 0.1) is 0 Å². The molecule has 0 spiro atoms. The van der Waals surface area contributed by atoms with E-state index in [1.807, 2.05) is 54.6 Å². The summed E-state index contributed by atoms with van der Waals surface area (Å²) in [6.45, 7) is 3.93. The number of benzene rings is 2. The van der Waals surface area contributed by atoms with Gasteiger partial charge in [-0.25, -0.2) is 9.78 Å². The summed E-state index contributed by atoms with van der Waals surface area (Å²) in [5, 5.41) is 1.38. The van der Waals surface area contributed by atoms with Crippen molar-refractivity contribution in [2.24, 2.45) is 0 Å². The summed E-state index contributed by atoms with van der Waals surface area (Å²) in [6, 6.07) is 16.9. The van der Waals surface area contributed by atoms with Crippen molar-refractivity contribution < 1.29 is 19.1 Å². The monoisotopic (exact) mass is 496 g/mol. The first kappa shape index (κ1) is 26.0. The number of pyridine rings is 1. The van der Waals surface area contributed by atoms with E-state index in [-0.39, 0.29) is 12.0 Å². The molecule has 8 nitrogen and oxygen atoms in total. The van der Waals surface area contributed by atoms with E-state index in [1.165, 1.54) is 4.90 Å². The minimum absolute atomic E-state index is 0.0783. The number of ether oxygens (including phenoxy) is 1. The molecule has 3 amide bonds. The summed E-state index contributed by atoms with van der Waals surface area (Å²) in [4.78, 5) is 44.4. The van der Waals surface area contributed by atoms with Crippen LogP contribution in [0.5, 0.6) is 0 Å². The Kier molecular flexibility index (Phi) is 9.03. The Labute approximate surface area is 210 Å². The Bertz CT molecular complexity index is 1190. The molecule has 1 aliphatic heterocycles. The second-order valence-electron chi connectivity index (χ2n) is 8.10. The summed E-state index contributed by atoms with van der Waals surface area (Å²) in [6.07, 6.45) is 0.417. The highest BCUT2D eigenvalue weighted by atomic mass is 35.5. The van der Waals surface area contributed by atoms with Crippen LogP contribution in [0.2, 0.25) is 5.02 Å². The minimum Gasteiger partial charge on any atom is -0.450 e. The van der Waals surface area contributed by atoms with Crippen LogP contribution >= 0.6 is 11.6 Å². The van der Waals surface area contributed by atoms with Crippen molar-refractivity contribution in [1.29, 1.82) is 0 Å². The number of carbonyl (C=O) groups is 3. The lowest BCUT2D eigenvalue weighted by molar-refractivity contribution is -0.115. The second kappa shape index (κ2) is 12.2. The van der Waals surface area contributed by atoms with Gasteiger partial charge in [0.25, 0.3) is 5.91 Å². The Balaban J connectivity index is 0.000000623. The Morgan fingerprint density at radius 3 is 2.26 bits per heavy atom. The highest BCUT2D eigenvalue weighted by Gasteiger charge is 2.27. The first-order valence-corrected chi connectivity index (χ1v) is 11.7. The Hall–Kier alpha value is -3.65. The lowest BCUT2D eigenvalue weighted by Gasteiger charge is -2.34. The van der Waals surface area contributed by atoms with Crippen LogP contribution in [-0.2, 0) is 9.53 Å². The first-order chi connectivity index (χ1) is 16.8. The standard InChI is InChI=1S/C23H22ClN3O3.C3H7NO/c1-2-30-23(29)27-13-11-26(12-14-27)22(28)18-15-21(17-8-3-5-9-19(17)24)25-20-10-6-4-7-16(18)20;1-4(2)3-5/h3-10,15H,2,11-14H2,1H3;3H,1-2H3. The van der Waals surface area contributed by atoms with Gasteiger partial charge < -0.3 is 19.4 Å². The molecule has 1 aromatic heterocycles. The van der Waals surface area contributed by atoms with Gasteiger partial charge in [-0.05, 0) is 25.1 Å². The van der Waals surface area contributed by atoms with Crippen molar-refractivity contribution in [3.8, 4) is 11.3 Å². The number of hydrogen-bond donors (Lipinski definition) is 0. The minimum atomic E-state index is -0.333. The van der Waals surface area contributed by atoms with Crippen molar-refractivity contribution in [3.63, 3.8) is 0 Å². The predicted molar refractivity (Wildman–Crippen MR) is 136 cm³/mol. The maximum Gasteiger partial charge on any atom is 0.409 e. The van der Waals surface area contributed by atoms with Crippen LogP contribution in [0.4, 0.5) is 4.79 Å². The maximum absolute atomic E-state index is 13.4. The third kappa shape index (κ3) is 6.48. The summed E-state index contributed by atoms with van der Waals surface area (Å²) < 4.78 is 5.06. The molecule has 2 heterocycles. The number of para-hydroxylation sites is 1. The highest BCUT2D eigenvalue weighted by Crippen LogP contribution is 2.30. The maximum atomic E-state index is 13.4. The predicted octanol–water partition coefficient (Wildman–Crippen LogP) is 4.17. The molecule has 9 heteroatoms. The van der Waals surface area contributed by atoms with E-state index in [4.69, 9.17) is 21.3 Å². The lowest BCUT2D eigenvalue weighted by atomic mass is 10.0. The number of nitrogens with zero attached hydrogens (tertiary/aromatic N) is 4. The quantitative estimate of drug-likeness (QED) is 0.506. The van der Waals surface area contributed by atoms with Gasteiger partial charge in [0, 0.05) is 56.2 Å². The molecule has 0 N–H and O–H groups in total. The van der Waals surface area contributed by atoms with E-state index in [0.717, 1.165) is 22.9 Å². The first-order valence-electron chi connectivity index (χ1n) is 11.3. The van der Waals surface area contributed by atoms with Gasteiger partial charge in [-0.3, -0.25) is 9.59 Å². The summed E-state index contributed by atoms with van der Waals surface area (Å²) in [7, 11) is 3.38. The van der Waals surface area contributed by atoms with Crippen molar-refractivity contribution in [2.75, 3.05) is 46.9 Å². The summed E-state index contributed by atoms with van der Waals surface area (Å²) >= 11 is 6.38. The molecule has 0 unspecified atom stereocenters. The van der Waals surface area contributed by atoms with Gasteiger partial charge in [-0.15, -0.1) is 0 Å². The molecule has 0 radical (unpaired) electrons. The molecule has 0 bridgehead atoms. The topological polar surface area (TPSA) is 83.1 Å². The van der Waals surface area contributed by atoms with Gasteiger partial charge in [0.05, 0.1) is 23.4 Å². The Morgan fingerprint density at radius 1 is 1.03 bits per heavy atom.